The van der Waals surface area contributed by atoms with Crippen LogP contribution in [-0.4, -0.2) is 34.3 Å². The van der Waals surface area contributed by atoms with Gasteiger partial charge in [0.15, 0.2) is 11.3 Å². The van der Waals surface area contributed by atoms with Crippen molar-refractivity contribution < 1.29 is 4.74 Å². The summed E-state index contributed by atoms with van der Waals surface area (Å²) in [4.78, 5) is 6.76. The van der Waals surface area contributed by atoms with Crippen LogP contribution in [0.1, 0.15) is 36.2 Å². The monoisotopic (exact) mass is 354 g/mol. The van der Waals surface area contributed by atoms with Crippen LogP contribution in [0.25, 0.3) is 0 Å². The summed E-state index contributed by atoms with van der Waals surface area (Å²) < 4.78 is 7.13. The number of anilines is 1. The van der Waals surface area contributed by atoms with E-state index in [1.165, 1.54) is 4.68 Å². The van der Waals surface area contributed by atoms with Crippen molar-refractivity contribution in [1.29, 1.82) is 10.8 Å². The molecule has 2 aromatic heterocycles. The van der Waals surface area contributed by atoms with E-state index in [4.69, 9.17) is 15.6 Å². The minimum absolute atomic E-state index is 0.254. The Morgan fingerprint density at radius 2 is 2.08 bits per heavy atom. The molecule has 0 aliphatic carbocycles. The molecule has 0 spiro atoms. The van der Waals surface area contributed by atoms with Crippen LogP contribution in [0.4, 0.5) is 5.82 Å². The minimum atomic E-state index is 0.254. The van der Waals surface area contributed by atoms with Crippen molar-refractivity contribution in [2.75, 3.05) is 18.1 Å². The van der Waals surface area contributed by atoms with Crippen molar-refractivity contribution in [3.8, 4) is 5.75 Å². The molecule has 26 heavy (non-hydrogen) atoms. The second-order valence-corrected chi connectivity index (χ2v) is 7.15. The molecule has 0 unspecified atom stereocenters. The van der Waals surface area contributed by atoms with Crippen LogP contribution in [0.5, 0.6) is 5.75 Å². The highest BCUT2D eigenvalue weighted by Crippen LogP contribution is 2.27. The largest absolute Gasteiger partial charge is 0.492 e. The maximum atomic E-state index is 8.08. The molecule has 0 saturated heterocycles. The van der Waals surface area contributed by atoms with Gasteiger partial charge in [-0.3, -0.25) is 15.8 Å². The zero-order valence-corrected chi connectivity index (χ0v) is 15.8. The predicted octanol–water partition coefficient (Wildman–Crippen LogP) is 2.43. The van der Waals surface area contributed by atoms with Crippen molar-refractivity contribution in [2.45, 2.75) is 40.7 Å². The number of fused-ring (bicyclic) bond motifs is 1. The Bertz CT molecular complexity index is 886. The number of hydrogen-bond acceptors (Lipinski definition) is 6. The van der Waals surface area contributed by atoms with Crippen LogP contribution in [0.15, 0.2) is 12.3 Å². The van der Waals surface area contributed by atoms with Crippen LogP contribution in [-0.2, 0) is 13.0 Å². The maximum Gasteiger partial charge on any atom is 0.153 e. The number of nitrogens with one attached hydrogen (secondary N) is 2. The smallest absolute Gasteiger partial charge is 0.153 e. The molecule has 3 rings (SSSR count). The predicted molar refractivity (Wildman–Crippen MR) is 101 cm³/mol. The number of pyridine rings is 1. The Kier molecular flexibility index (Phi) is 5.06. The lowest BCUT2D eigenvalue weighted by atomic mass is 10.0. The first-order valence-electron chi connectivity index (χ1n) is 8.91. The molecule has 138 valence electrons. The summed E-state index contributed by atoms with van der Waals surface area (Å²) >= 11 is 0. The average Bonchev–Trinajstić information content (AvgIpc) is 2.64. The molecule has 0 radical (unpaired) electrons. The van der Waals surface area contributed by atoms with Crippen molar-refractivity contribution in [3.63, 3.8) is 0 Å². The molecular weight excluding hydrogens is 328 g/mol. The van der Waals surface area contributed by atoms with E-state index in [-0.39, 0.29) is 5.49 Å². The van der Waals surface area contributed by atoms with Crippen LogP contribution >= 0.6 is 0 Å². The van der Waals surface area contributed by atoms with E-state index < -0.39 is 0 Å². The van der Waals surface area contributed by atoms with Gasteiger partial charge in [-0.2, -0.15) is 0 Å². The Labute approximate surface area is 153 Å². The lowest BCUT2D eigenvalue weighted by Crippen LogP contribution is -2.36. The average molecular weight is 354 g/mol. The van der Waals surface area contributed by atoms with E-state index in [2.05, 4.69) is 34.9 Å². The van der Waals surface area contributed by atoms with E-state index in [9.17, 15) is 0 Å². The highest BCUT2D eigenvalue weighted by atomic mass is 16.5. The van der Waals surface area contributed by atoms with Crippen molar-refractivity contribution in [1.82, 2.24) is 14.8 Å². The van der Waals surface area contributed by atoms with E-state index in [0.29, 0.717) is 19.1 Å². The van der Waals surface area contributed by atoms with Crippen molar-refractivity contribution >= 4 is 12.2 Å². The van der Waals surface area contributed by atoms with Gasteiger partial charge in [0.05, 0.1) is 12.8 Å². The van der Waals surface area contributed by atoms with Gasteiger partial charge < -0.3 is 9.64 Å². The Morgan fingerprint density at radius 3 is 2.77 bits per heavy atom. The van der Waals surface area contributed by atoms with Gasteiger partial charge in [0, 0.05) is 30.8 Å². The summed E-state index contributed by atoms with van der Waals surface area (Å²) in [6.07, 6.45) is 3.73. The third-order valence-corrected chi connectivity index (χ3v) is 4.70. The first kappa shape index (κ1) is 18.1. The first-order valence-corrected chi connectivity index (χ1v) is 8.91. The quantitative estimate of drug-likeness (QED) is 0.637. The Balaban J connectivity index is 1.90. The number of rotatable bonds is 5. The fraction of sp³-hybridized carbons (Fsp3) is 0.474. The lowest BCUT2D eigenvalue weighted by Gasteiger charge is -2.31. The van der Waals surface area contributed by atoms with E-state index in [0.717, 1.165) is 53.3 Å². The van der Waals surface area contributed by atoms with Gasteiger partial charge in [-0.25, -0.2) is 4.68 Å². The van der Waals surface area contributed by atoms with Gasteiger partial charge >= 0.3 is 0 Å². The molecule has 0 atom stereocenters. The SMILES string of the molecule is Cc1c(N2CCc3ncc(OCC(C)C)cc3C2)nn(C=N)c(=N)c1C. The summed E-state index contributed by atoms with van der Waals surface area (Å²) in [5, 5.41) is 20.1. The molecule has 2 N–H and O–H groups in total. The molecule has 0 bridgehead atoms. The second kappa shape index (κ2) is 7.27. The number of nitrogens with zero attached hydrogens (tertiary/aromatic N) is 4. The summed E-state index contributed by atoms with van der Waals surface area (Å²) in [6.45, 7) is 10.3. The Hall–Kier alpha value is -2.70. The van der Waals surface area contributed by atoms with Crippen LogP contribution in [0, 0.1) is 30.6 Å². The van der Waals surface area contributed by atoms with Gasteiger partial charge in [0.1, 0.15) is 12.1 Å². The molecule has 7 heteroatoms. The van der Waals surface area contributed by atoms with Crippen LogP contribution < -0.4 is 15.1 Å². The summed E-state index contributed by atoms with van der Waals surface area (Å²) in [6, 6.07) is 2.07. The Morgan fingerprint density at radius 1 is 1.31 bits per heavy atom. The summed E-state index contributed by atoms with van der Waals surface area (Å²) in [5.74, 6) is 2.09. The molecule has 1 aliphatic heterocycles. The molecule has 0 amide bonds. The molecule has 0 fully saturated rings. The second-order valence-electron chi connectivity index (χ2n) is 7.15. The molecule has 7 nitrogen and oxygen atoms in total. The van der Waals surface area contributed by atoms with Crippen LogP contribution in [0.2, 0.25) is 0 Å². The van der Waals surface area contributed by atoms with E-state index in [1.54, 1.807) is 0 Å². The van der Waals surface area contributed by atoms with E-state index in [1.807, 2.05) is 20.0 Å². The highest BCUT2D eigenvalue weighted by molar-refractivity contribution is 5.57. The molecule has 0 aromatic carbocycles. The molecule has 0 saturated carbocycles. The fourth-order valence-corrected chi connectivity index (χ4v) is 3.06. The zero-order chi connectivity index (χ0) is 18.8. The standard InChI is InChI=1S/C19H26N6O/c1-12(2)10-26-16-7-15-9-24(6-5-17(15)22-8-16)19-14(4)13(3)18(21)25(11-20)23-19/h7-8,11-12,20-21H,5-6,9-10H2,1-4H3. The normalized spacial score (nSPS) is 13.7. The summed E-state index contributed by atoms with van der Waals surface area (Å²) in [7, 11) is 0. The molecule has 2 aromatic rings. The number of aromatic nitrogens is 3. The third-order valence-electron chi connectivity index (χ3n) is 4.70. The fourth-order valence-electron chi connectivity index (χ4n) is 3.06. The molecular formula is C19H26N6O. The maximum absolute atomic E-state index is 8.08. The topological polar surface area (TPSA) is 90.9 Å². The van der Waals surface area contributed by atoms with E-state index >= 15 is 0 Å². The first-order chi connectivity index (χ1) is 12.4. The van der Waals surface area contributed by atoms with Crippen molar-refractivity contribution in [2.24, 2.45) is 5.92 Å². The zero-order valence-electron chi connectivity index (χ0n) is 15.8. The summed E-state index contributed by atoms with van der Waals surface area (Å²) in [5.41, 5.74) is 4.33. The highest BCUT2D eigenvalue weighted by Gasteiger charge is 2.22. The van der Waals surface area contributed by atoms with Crippen LogP contribution in [0.3, 0.4) is 0 Å². The molecule has 3 heterocycles. The molecule has 1 aliphatic rings. The lowest BCUT2D eigenvalue weighted by molar-refractivity contribution is 0.269. The third kappa shape index (κ3) is 3.47. The van der Waals surface area contributed by atoms with Gasteiger partial charge in [0.2, 0.25) is 0 Å². The van der Waals surface area contributed by atoms with Gasteiger partial charge in [-0.05, 0) is 37.0 Å². The number of ether oxygens (including phenoxy) is 1. The van der Waals surface area contributed by atoms with Gasteiger partial charge in [-0.15, -0.1) is 5.10 Å². The van der Waals surface area contributed by atoms with Gasteiger partial charge in [-0.1, -0.05) is 13.8 Å². The minimum Gasteiger partial charge on any atom is -0.492 e. The number of hydrogen-bond donors (Lipinski definition) is 2. The van der Waals surface area contributed by atoms with Crippen molar-refractivity contribution in [3.05, 3.63) is 40.1 Å². The van der Waals surface area contributed by atoms with Gasteiger partial charge in [0.25, 0.3) is 0 Å².